The lowest BCUT2D eigenvalue weighted by Crippen LogP contribution is -2.40. The minimum absolute atomic E-state index is 0.0814. The van der Waals surface area contributed by atoms with Crippen molar-refractivity contribution in [3.05, 3.63) is 51.7 Å². The third-order valence-corrected chi connectivity index (χ3v) is 6.17. The number of thiophene rings is 1. The highest BCUT2D eigenvalue weighted by Crippen LogP contribution is 2.19. The average molecular weight is 373 g/mol. The van der Waals surface area contributed by atoms with E-state index in [-0.39, 0.29) is 23.9 Å². The van der Waals surface area contributed by atoms with Crippen LogP contribution in [0.25, 0.3) is 0 Å². The van der Waals surface area contributed by atoms with Gasteiger partial charge in [-0.1, -0.05) is 30.7 Å². The zero-order chi connectivity index (χ0) is 16.9. The van der Waals surface area contributed by atoms with Gasteiger partial charge in [0, 0.05) is 16.4 Å². The van der Waals surface area contributed by atoms with Crippen molar-refractivity contribution in [3.8, 4) is 0 Å². The minimum atomic E-state index is -3.75. The van der Waals surface area contributed by atoms with Crippen molar-refractivity contribution in [1.82, 2.24) is 9.62 Å². The van der Waals surface area contributed by atoms with Crippen molar-refractivity contribution < 1.29 is 13.2 Å². The third-order valence-electron chi connectivity index (χ3n) is 3.15. The van der Waals surface area contributed by atoms with Gasteiger partial charge in [-0.15, -0.1) is 11.3 Å². The molecule has 2 aromatic rings. The van der Waals surface area contributed by atoms with Gasteiger partial charge in [0.2, 0.25) is 15.9 Å². The fourth-order valence-electron chi connectivity index (χ4n) is 1.96. The van der Waals surface area contributed by atoms with Crippen LogP contribution < -0.4 is 5.32 Å². The first-order chi connectivity index (χ1) is 10.9. The normalized spacial score (nSPS) is 11.6. The summed E-state index contributed by atoms with van der Waals surface area (Å²) in [5, 5.41) is 4.98. The Kier molecular flexibility index (Phi) is 6.17. The Morgan fingerprint density at radius 3 is 2.70 bits per heavy atom. The molecule has 0 spiro atoms. The van der Waals surface area contributed by atoms with Crippen LogP contribution in [0.2, 0.25) is 5.02 Å². The fraction of sp³-hybridized carbons (Fsp3) is 0.267. The molecule has 1 amide bonds. The molecule has 0 aliphatic carbocycles. The molecule has 124 valence electrons. The molecule has 0 saturated heterocycles. The van der Waals surface area contributed by atoms with E-state index in [4.69, 9.17) is 11.6 Å². The summed E-state index contributed by atoms with van der Waals surface area (Å²) in [6.07, 6.45) is 0. The van der Waals surface area contributed by atoms with E-state index < -0.39 is 10.0 Å². The van der Waals surface area contributed by atoms with Gasteiger partial charge in [-0.2, -0.15) is 4.31 Å². The van der Waals surface area contributed by atoms with Crippen LogP contribution in [-0.4, -0.2) is 31.7 Å². The number of carbonyl (C=O) groups is 1. The number of nitrogens with one attached hydrogen (secondary N) is 1. The van der Waals surface area contributed by atoms with E-state index in [1.54, 1.807) is 19.1 Å². The summed E-state index contributed by atoms with van der Waals surface area (Å²) in [4.78, 5) is 13.1. The van der Waals surface area contributed by atoms with Crippen LogP contribution in [0.3, 0.4) is 0 Å². The Labute approximate surface area is 144 Å². The number of nitrogens with zero attached hydrogens (tertiary/aromatic N) is 1. The van der Waals surface area contributed by atoms with Gasteiger partial charge in [0.15, 0.2) is 0 Å². The topological polar surface area (TPSA) is 66.5 Å². The first-order valence-electron chi connectivity index (χ1n) is 6.98. The maximum absolute atomic E-state index is 12.6. The van der Waals surface area contributed by atoms with Gasteiger partial charge in [0.1, 0.15) is 0 Å². The average Bonchev–Trinajstić information content (AvgIpc) is 3.04. The first kappa shape index (κ1) is 17.9. The molecule has 0 aliphatic rings. The van der Waals surface area contributed by atoms with Crippen molar-refractivity contribution in [1.29, 1.82) is 0 Å². The molecule has 1 N–H and O–H groups in total. The SMILES string of the molecule is CCN(CC(=O)NCc1cccs1)S(=O)(=O)c1cccc(Cl)c1. The lowest BCUT2D eigenvalue weighted by molar-refractivity contribution is -0.121. The monoisotopic (exact) mass is 372 g/mol. The van der Waals surface area contributed by atoms with Gasteiger partial charge in [-0.3, -0.25) is 4.79 Å². The summed E-state index contributed by atoms with van der Waals surface area (Å²) in [6.45, 7) is 2.05. The molecule has 0 unspecified atom stereocenters. The molecule has 23 heavy (non-hydrogen) atoms. The Bertz CT molecular complexity index is 761. The molecular formula is C15H17ClN2O3S2. The molecule has 0 saturated carbocycles. The molecule has 0 atom stereocenters. The van der Waals surface area contributed by atoms with E-state index in [9.17, 15) is 13.2 Å². The second-order valence-corrected chi connectivity index (χ2v) is 8.15. The molecule has 1 aromatic carbocycles. The summed E-state index contributed by atoms with van der Waals surface area (Å²) < 4.78 is 26.3. The number of sulfonamides is 1. The number of hydrogen-bond acceptors (Lipinski definition) is 4. The summed E-state index contributed by atoms with van der Waals surface area (Å²) in [6, 6.07) is 9.82. The third kappa shape index (κ3) is 4.78. The van der Waals surface area contributed by atoms with Crippen molar-refractivity contribution in [2.45, 2.75) is 18.4 Å². The number of likely N-dealkylation sites (N-methyl/N-ethyl adjacent to an activating group) is 1. The maximum atomic E-state index is 12.6. The van der Waals surface area contributed by atoms with E-state index in [2.05, 4.69) is 5.32 Å². The second kappa shape index (κ2) is 7.92. The van der Waals surface area contributed by atoms with Crippen LogP contribution in [0, 0.1) is 0 Å². The van der Waals surface area contributed by atoms with E-state index in [0.29, 0.717) is 11.6 Å². The highest BCUT2D eigenvalue weighted by Gasteiger charge is 2.25. The second-order valence-electron chi connectivity index (χ2n) is 4.74. The summed E-state index contributed by atoms with van der Waals surface area (Å²) >= 11 is 7.38. The number of hydrogen-bond donors (Lipinski definition) is 1. The molecule has 0 bridgehead atoms. The quantitative estimate of drug-likeness (QED) is 0.812. The van der Waals surface area contributed by atoms with E-state index in [1.807, 2.05) is 17.5 Å². The van der Waals surface area contributed by atoms with Crippen LogP contribution in [0.1, 0.15) is 11.8 Å². The van der Waals surface area contributed by atoms with Crippen molar-refractivity contribution >= 4 is 38.9 Å². The molecule has 0 radical (unpaired) electrons. The van der Waals surface area contributed by atoms with Crippen LogP contribution in [0.4, 0.5) is 0 Å². The summed E-state index contributed by atoms with van der Waals surface area (Å²) in [5.41, 5.74) is 0. The molecule has 8 heteroatoms. The smallest absolute Gasteiger partial charge is 0.243 e. The van der Waals surface area contributed by atoms with Crippen LogP contribution >= 0.6 is 22.9 Å². The standard InChI is InChI=1S/C15H17ClN2O3S2/c1-2-18(11-15(19)17-10-13-6-4-8-22-13)23(20,21)14-7-3-5-12(16)9-14/h3-9H,2,10-11H2,1H3,(H,17,19). The summed E-state index contributed by atoms with van der Waals surface area (Å²) in [5.74, 6) is -0.342. The van der Waals surface area contributed by atoms with E-state index in [1.165, 1.54) is 23.5 Å². The predicted molar refractivity (Wildman–Crippen MR) is 92.1 cm³/mol. The predicted octanol–water partition coefficient (Wildman–Crippen LogP) is 2.73. The minimum Gasteiger partial charge on any atom is -0.350 e. The number of amides is 1. The van der Waals surface area contributed by atoms with E-state index in [0.717, 1.165) is 9.18 Å². The zero-order valence-electron chi connectivity index (χ0n) is 12.5. The van der Waals surface area contributed by atoms with Crippen LogP contribution in [0.5, 0.6) is 0 Å². The molecular weight excluding hydrogens is 356 g/mol. The lowest BCUT2D eigenvalue weighted by atomic mass is 10.4. The Hall–Kier alpha value is -1.41. The van der Waals surface area contributed by atoms with Crippen LogP contribution in [-0.2, 0) is 21.4 Å². The Morgan fingerprint density at radius 2 is 2.09 bits per heavy atom. The van der Waals surface area contributed by atoms with Gasteiger partial charge in [-0.05, 0) is 29.6 Å². The number of halogens is 1. The van der Waals surface area contributed by atoms with Crippen molar-refractivity contribution in [2.24, 2.45) is 0 Å². The highest BCUT2D eigenvalue weighted by molar-refractivity contribution is 7.89. The number of benzene rings is 1. The van der Waals surface area contributed by atoms with Gasteiger partial charge in [0.05, 0.1) is 18.0 Å². The molecule has 1 heterocycles. The molecule has 1 aromatic heterocycles. The molecule has 0 aliphatic heterocycles. The zero-order valence-corrected chi connectivity index (χ0v) is 14.9. The molecule has 2 rings (SSSR count). The largest absolute Gasteiger partial charge is 0.350 e. The highest BCUT2D eigenvalue weighted by atomic mass is 35.5. The van der Waals surface area contributed by atoms with Gasteiger partial charge in [0.25, 0.3) is 0 Å². The summed E-state index contributed by atoms with van der Waals surface area (Å²) in [7, 11) is -3.75. The lowest BCUT2D eigenvalue weighted by Gasteiger charge is -2.20. The van der Waals surface area contributed by atoms with Gasteiger partial charge >= 0.3 is 0 Å². The first-order valence-corrected chi connectivity index (χ1v) is 9.68. The fourth-order valence-corrected chi connectivity index (χ4v) is 4.31. The van der Waals surface area contributed by atoms with Gasteiger partial charge < -0.3 is 5.32 Å². The number of rotatable bonds is 7. The Morgan fingerprint density at radius 1 is 1.30 bits per heavy atom. The number of carbonyl (C=O) groups excluding carboxylic acids is 1. The molecule has 5 nitrogen and oxygen atoms in total. The van der Waals surface area contributed by atoms with Crippen LogP contribution in [0.15, 0.2) is 46.7 Å². The van der Waals surface area contributed by atoms with E-state index >= 15 is 0 Å². The maximum Gasteiger partial charge on any atom is 0.243 e. The Balaban J connectivity index is 2.05. The van der Waals surface area contributed by atoms with Gasteiger partial charge in [-0.25, -0.2) is 8.42 Å². The molecule has 0 fully saturated rings. The van der Waals surface area contributed by atoms with Crippen molar-refractivity contribution in [3.63, 3.8) is 0 Å². The van der Waals surface area contributed by atoms with Crippen molar-refractivity contribution in [2.75, 3.05) is 13.1 Å².